The predicted octanol–water partition coefficient (Wildman–Crippen LogP) is 5.51. The Morgan fingerprint density at radius 3 is 2.36 bits per heavy atom. The molecule has 0 fully saturated rings. The molecule has 4 heteroatoms. The van der Waals surface area contributed by atoms with Crippen LogP contribution in [0.2, 0.25) is 0 Å². The molecule has 0 aromatic rings. The first-order valence-electron chi connectivity index (χ1n) is 9.67. The highest BCUT2D eigenvalue weighted by atomic mass is 16.5. The van der Waals surface area contributed by atoms with E-state index in [-0.39, 0.29) is 18.0 Å². The molecule has 0 N–H and O–H groups in total. The van der Waals surface area contributed by atoms with Crippen molar-refractivity contribution in [2.45, 2.75) is 90.6 Å². The zero-order valence-corrected chi connectivity index (χ0v) is 16.3. The lowest BCUT2D eigenvalue weighted by Gasteiger charge is -2.12. The number of methoxy groups -OCH3 is 1. The van der Waals surface area contributed by atoms with Gasteiger partial charge in [0.2, 0.25) is 0 Å². The van der Waals surface area contributed by atoms with Gasteiger partial charge in [-0.3, -0.25) is 9.59 Å². The van der Waals surface area contributed by atoms with Gasteiger partial charge in [0.1, 0.15) is 6.10 Å². The summed E-state index contributed by atoms with van der Waals surface area (Å²) in [4.78, 5) is 22.1. The SMILES string of the molecule is CCCCCC(C=CC=CCCCCCCCC(=O)OC)OC(C)=O. The van der Waals surface area contributed by atoms with Crippen LogP contribution in [-0.4, -0.2) is 25.2 Å². The van der Waals surface area contributed by atoms with E-state index in [1.54, 1.807) is 0 Å². The fourth-order valence-electron chi connectivity index (χ4n) is 2.53. The van der Waals surface area contributed by atoms with Crippen LogP contribution in [0.25, 0.3) is 0 Å². The van der Waals surface area contributed by atoms with Gasteiger partial charge in [-0.1, -0.05) is 57.3 Å². The number of carbonyl (C=O) groups excluding carboxylic acids is 2. The number of carbonyl (C=O) groups is 2. The summed E-state index contributed by atoms with van der Waals surface area (Å²) < 4.78 is 9.93. The lowest BCUT2D eigenvalue weighted by Crippen LogP contribution is -2.13. The molecule has 0 aliphatic rings. The molecule has 0 radical (unpaired) electrons. The second kappa shape index (κ2) is 17.2. The summed E-state index contributed by atoms with van der Waals surface area (Å²) in [5.74, 6) is -0.334. The van der Waals surface area contributed by atoms with Gasteiger partial charge < -0.3 is 9.47 Å². The average molecular weight is 353 g/mol. The Hall–Kier alpha value is -1.58. The Morgan fingerprint density at radius 2 is 1.68 bits per heavy atom. The number of hydrogen-bond donors (Lipinski definition) is 0. The number of hydrogen-bond acceptors (Lipinski definition) is 4. The first-order valence-corrected chi connectivity index (χ1v) is 9.67. The molecule has 4 nitrogen and oxygen atoms in total. The fraction of sp³-hybridized carbons (Fsp3) is 0.714. The lowest BCUT2D eigenvalue weighted by atomic mass is 10.1. The third kappa shape index (κ3) is 17.0. The standard InChI is InChI=1S/C21H36O4/c1-4-5-13-16-20(25-19(2)22)17-14-11-9-7-6-8-10-12-15-18-21(23)24-3/h9,11,14,17,20H,4-8,10,12-13,15-16,18H2,1-3H3. The maximum absolute atomic E-state index is 11.1. The minimum Gasteiger partial charge on any atom is -0.469 e. The Bertz CT molecular complexity index is 399. The van der Waals surface area contributed by atoms with Crippen LogP contribution in [0.3, 0.4) is 0 Å². The quantitative estimate of drug-likeness (QED) is 0.221. The van der Waals surface area contributed by atoms with E-state index >= 15 is 0 Å². The number of allylic oxidation sites excluding steroid dienone is 3. The average Bonchev–Trinajstić information content (AvgIpc) is 2.58. The predicted molar refractivity (Wildman–Crippen MR) is 102 cm³/mol. The second-order valence-electron chi connectivity index (χ2n) is 6.34. The largest absolute Gasteiger partial charge is 0.469 e. The maximum Gasteiger partial charge on any atom is 0.305 e. The minimum absolute atomic E-state index is 0.108. The summed E-state index contributed by atoms with van der Waals surface area (Å²) in [6.45, 7) is 3.63. The zero-order valence-electron chi connectivity index (χ0n) is 16.3. The lowest BCUT2D eigenvalue weighted by molar-refractivity contribution is -0.144. The summed E-state index contributed by atoms with van der Waals surface area (Å²) in [6.07, 6.45) is 19.4. The molecule has 0 bridgehead atoms. The van der Waals surface area contributed by atoms with Gasteiger partial charge in [0.05, 0.1) is 7.11 Å². The number of unbranched alkanes of at least 4 members (excludes halogenated alkanes) is 7. The Kier molecular flexibility index (Phi) is 16.2. The van der Waals surface area contributed by atoms with Gasteiger partial charge >= 0.3 is 11.9 Å². The third-order valence-corrected chi connectivity index (χ3v) is 3.96. The van der Waals surface area contributed by atoms with Crippen molar-refractivity contribution in [1.82, 2.24) is 0 Å². The Labute approximate surface area is 153 Å². The van der Waals surface area contributed by atoms with Crippen LogP contribution < -0.4 is 0 Å². The number of esters is 2. The number of ether oxygens (including phenoxy) is 2. The van der Waals surface area contributed by atoms with Gasteiger partial charge in [0, 0.05) is 13.3 Å². The smallest absolute Gasteiger partial charge is 0.305 e. The van der Waals surface area contributed by atoms with Crippen molar-refractivity contribution in [1.29, 1.82) is 0 Å². The molecule has 1 unspecified atom stereocenters. The molecule has 0 spiro atoms. The summed E-state index contributed by atoms with van der Waals surface area (Å²) in [7, 11) is 1.43. The van der Waals surface area contributed by atoms with E-state index < -0.39 is 0 Å². The Morgan fingerprint density at radius 1 is 0.960 bits per heavy atom. The molecule has 0 heterocycles. The summed E-state index contributed by atoms with van der Waals surface area (Å²) in [5.41, 5.74) is 0. The first kappa shape index (κ1) is 23.4. The Balaban J connectivity index is 3.75. The normalized spacial score (nSPS) is 12.6. The van der Waals surface area contributed by atoms with E-state index in [9.17, 15) is 9.59 Å². The topological polar surface area (TPSA) is 52.6 Å². The fourth-order valence-corrected chi connectivity index (χ4v) is 2.53. The molecule has 0 saturated carbocycles. The van der Waals surface area contributed by atoms with Crippen LogP contribution in [0, 0.1) is 0 Å². The van der Waals surface area contributed by atoms with Crippen molar-refractivity contribution < 1.29 is 19.1 Å². The molecule has 144 valence electrons. The maximum atomic E-state index is 11.1. The summed E-state index contributed by atoms with van der Waals surface area (Å²) in [5, 5.41) is 0. The number of rotatable bonds is 15. The molecular weight excluding hydrogens is 316 g/mol. The van der Waals surface area contributed by atoms with Gasteiger partial charge in [0.25, 0.3) is 0 Å². The molecule has 0 aromatic heterocycles. The molecular formula is C21H36O4. The van der Waals surface area contributed by atoms with Gasteiger partial charge in [-0.25, -0.2) is 0 Å². The minimum atomic E-state index is -0.220. The van der Waals surface area contributed by atoms with Crippen molar-refractivity contribution >= 4 is 11.9 Å². The molecule has 0 saturated heterocycles. The highest BCUT2D eigenvalue weighted by Gasteiger charge is 2.06. The zero-order chi connectivity index (χ0) is 18.8. The van der Waals surface area contributed by atoms with Crippen LogP contribution >= 0.6 is 0 Å². The van der Waals surface area contributed by atoms with E-state index in [4.69, 9.17) is 4.74 Å². The van der Waals surface area contributed by atoms with Gasteiger partial charge in [0.15, 0.2) is 0 Å². The van der Waals surface area contributed by atoms with Gasteiger partial charge in [-0.15, -0.1) is 0 Å². The highest BCUT2D eigenvalue weighted by molar-refractivity contribution is 5.69. The molecule has 1 atom stereocenters. The van der Waals surface area contributed by atoms with E-state index in [2.05, 4.69) is 17.7 Å². The van der Waals surface area contributed by atoms with E-state index in [0.29, 0.717) is 6.42 Å². The van der Waals surface area contributed by atoms with Crippen LogP contribution in [0.15, 0.2) is 24.3 Å². The molecule has 0 aliphatic heterocycles. The molecule has 0 rings (SSSR count). The summed E-state index contributed by atoms with van der Waals surface area (Å²) >= 11 is 0. The molecule has 0 aromatic carbocycles. The van der Waals surface area contributed by atoms with E-state index in [1.165, 1.54) is 33.3 Å². The van der Waals surface area contributed by atoms with Gasteiger partial charge in [-0.05, 0) is 38.2 Å². The van der Waals surface area contributed by atoms with Crippen LogP contribution in [-0.2, 0) is 19.1 Å². The monoisotopic (exact) mass is 352 g/mol. The summed E-state index contributed by atoms with van der Waals surface area (Å²) in [6, 6.07) is 0. The van der Waals surface area contributed by atoms with E-state index in [1.807, 2.05) is 18.2 Å². The second-order valence-corrected chi connectivity index (χ2v) is 6.34. The van der Waals surface area contributed by atoms with Crippen LogP contribution in [0.1, 0.15) is 84.5 Å². The van der Waals surface area contributed by atoms with Crippen molar-refractivity contribution in [2.75, 3.05) is 7.11 Å². The van der Waals surface area contributed by atoms with Crippen molar-refractivity contribution in [3.05, 3.63) is 24.3 Å². The first-order chi connectivity index (χ1) is 12.1. The molecule has 25 heavy (non-hydrogen) atoms. The third-order valence-electron chi connectivity index (χ3n) is 3.96. The van der Waals surface area contributed by atoms with Crippen molar-refractivity contribution in [2.24, 2.45) is 0 Å². The molecule has 0 aliphatic carbocycles. The molecule has 0 amide bonds. The van der Waals surface area contributed by atoms with Crippen molar-refractivity contribution in [3.63, 3.8) is 0 Å². The van der Waals surface area contributed by atoms with E-state index in [0.717, 1.165) is 44.9 Å². The van der Waals surface area contributed by atoms with Gasteiger partial charge in [-0.2, -0.15) is 0 Å². The highest BCUT2D eigenvalue weighted by Crippen LogP contribution is 2.10. The van der Waals surface area contributed by atoms with Crippen molar-refractivity contribution in [3.8, 4) is 0 Å². The van der Waals surface area contributed by atoms with Crippen LogP contribution in [0.4, 0.5) is 0 Å². The van der Waals surface area contributed by atoms with Crippen LogP contribution in [0.5, 0.6) is 0 Å².